The number of rotatable bonds is 2. The predicted octanol–water partition coefficient (Wildman–Crippen LogP) is 2.09. The summed E-state index contributed by atoms with van der Waals surface area (Å²) in [6.45, 7) is 2.94. The summed E-state index contributed by atoms with van der Waals surface area (Å²) in [5, 5.41) is 0. The van der Waals surface area contributed by atoms with Crippen LogP contribution in [0.3, 0.4) is 0 Å². The highest BCUT2D eigenvalue weighted by Crippen LogP contribution is 2.31. The van der Waals surface area contributed by atoms with E-state index < -0.39 is 0 Å². The summed E-state index contributed by atoms with van der Waals surface area (Å²) in [5.41, 5.74) is 9.87. The number of nitrogens with zero attached hydrogens (tertiary/aromatic N) is 1. The molecule has 1 heterocycles. The summed E-state index contributed by atoms with van der Waals surface area (Å²) in [6, 6.07) is 7.39. The van der Waals surface area contributed by atoms with Gasteiger partial charge in [-0.05, 0) is 49.9 Å². The maximum absolute atomic E-state index is 5.64. The highest BCUT2D eigenvalue weighted by molar-refractivity contribution is 5.57. The fraction of sp³-hybridized carbons (Fsp3) is 0.538. The first-order valence-corrected chi connectivity index (χ1v) is 5.75. The maximum atomic E-state index is 5.64. The summed E-state index contributed by atoms with van der Waals surface area (Å²) in [4.78, 5) is 2.40. The van der Waals surface area contributed by atoms with Crippen molar-refractivity contribution < 1.29 is 0 Å². The number of anilines is 1. The predicted molar refractivity (Wildman–Crippen MR) is 65.4 cm³/mol. The van der Waals surface area contributed by atoms with E-state index >= 15 is 0 Å². The quantitative estimate of drug-likeness (QED) is 0.799. The maximum Gasteiger partial charge on any atom is 0.0401 e. The molecule has 0 spiro atoms. The van der Waals surface area contributed by atoms with Gasteiger partial charge in [-0.15, -0.1) is 0 Å². The van der Waals surface area contributed by atoms with Crippen molar-refractivity contribution in [2.24, 2.45) is 5.73 Å². The molecule has 0 fully saturated rings. The van der Waals surface area contributed by atoms with Gasteiger partial charge in [0, 0.05) is 18.8 Å². The molecule has 0 aromatic heterocycles. The summed E-state index contributed by atoms with van der Waals surface area (Å²) >= 11 is 0. The van der Waals surface area contributed by atoms with Crippen LogP contribution < -0.4 is 10.6 Å². The number of nitrogens with two attached hydrogens (primary N) is 1. The van der Waals surface area contributed by atoms with E-state index in [2.05, 4.69) is 37.1 Å². The van der Waals surface area contributed by atoms with E-state index in [1.54, 1.807) is 0 Å². The lowest BCUT2D eigenvalue weighted by Crippen LogP contribution is -2.37. The van der Waals surface area contributed by atoms with Crippen molar-refractivity contribution in [2.45, 2.75) is 32.2 Å². The van der Waals surface area contributed by atoms with Crippen LogP contribution >= 0.6 is 0 Å². The van der Waals surface area contributed by atoms with Gasteiger partial charge in [-0.2, -0.15) is 0 Å². The van der Waals surface area contributed by atoms with Crippen LogP contribution in [0.15, 0.2) is 18.2 Å². The number of fused-ring (bicyclic) bond motifs is 1. The molecule has 0 saturated carbocycles. The van der Waals surface area contributed by atoms with Gasteiger partial charge in [0.15, 0.2) is 0 Å². The van der Waals surface area contributed by atoms with Crippen LogP contribution in [0.4, 0.5) is 5.69 Å². The molecule has 0 bridgehead atoms. The summed E-state index contributed by atoms with van der Waals surface area (Å²) in [6.07, 6.45) is 3.54. The molecular formula is C13H20N2. The molecule has 1 aromatic rings. The number of benzene rings is 1. The van der Waals surface area contributed by atoms with Crippen LogP contribution in [0.25, 0.3) is 0 Å². The Morgan fingerprint density at radius 2 is 2.27 bits per heavy atom. The fourth-order valence-corrected chi connectivity index (χ4v) is 2.46. The second-order valence-electron chi connectivity index (χ2n) is 4.51. The van der Waals surface area contributed by atoms with Crippen molar-refractivity contribution in [1.29, 1.82) is 0 Å². The molecule has 15 heavy (non-hydrogen) atoms. The van der Waals surface area contributed by atoms with Crippen LogP contribution in [0.2, 0.25) is 0 Å². The first-order valence-electron chi connectivity index (χ1n) is 5.75. The average molecular weight is 204 g/mol. The van der Waals surface area contributed by atoms with E-state index in [4.69, 9.17) is 5.73 Å². The Hall–Kier alpha value is -1.02. The zero-order valence-electron chi connectivity index (χ0n) is 9.66. The van der Waals surface area contributed by atoms with Crippen LogP contribution in [-0.2, 0) is 6.42 Å². The van der Waals surface area contributed by atoms with Gasteiger partial charge < -0.3 is 10.6 Å². The van der Waals surface area contributed by atoms with Crippen molar-refractivity contribution >= 4 is 5.69 Å². The zero-order valence-corrected chi connectivity index (χ0v) is 9.66. The van der Waals surface area contributed by atoms with Crippen LogP contribution in [-0.4, -0.2) is 19.6 Å². The van der Waals surface area contributed by atoms with Gasteiger partial charge in [-0.1, -0.05) is 12.1 Å². The van der Waals surface area contributed by atoms with E-state index in [1.807, 2.05) is 0 Å². The lowest BCUT2D eigenvalue weighted by atomic mass is 9.93. The Labute approximate surface area is 92.1 Å². The average Bonchev–Trinajstić information content (AvgIpc) is 2.23. The molecule has 0 amide bonds. The van der Waals surface area contributed by atoms with Gasteiger partial charge in [-0.25, -0.2) is 0 Å². The molecule has 1 aliphatic heterocycles. The van der Waals surface area contributed by atoms with E-state index in [1.165, 1.54) is 29.7 Å². The minimum absolute atomic E-state index is 0.629. The van der Waals surface area contributed by atoms with Crippen molar-refractivity contribution in [3.05, 3.63) is 29.3 Å². The minimum atomic E-state index is 0.629. The zero-order chi connectivity index (χ0) is 10.8. The molecule has 0 radical (unpaired) electrons. The third-order valence-electron chi connectivity index (χ3n) is 3.42. The highest BCUT2D eigenvalue weighted by Gasteiger charge is 2.22. The molecule has 0 saturated heterocycles. The molecule has 2 N–H and O–H groups in total. The van der Waals surface area contributed by atoms with Gasteiger partial charge in [0.1, 0.15) is 0 Å². The number of hydrogen-bond acceptors (Lipinski definition) is 2. The SMILES string of the molecule is Cc1ccc2c(c1)N(C)C(CCN)CC2. The molecule has 0 aliphatic carbocycles. The Morgan fingerprint density at radius 1 is 1.47 bits per heavy atom. The van der Waals surface area contributed by atoms with Crippen LogP contribution in [0.1, 0.15) is 24.0 Å². The van der Waals surface area contributed by atoms with Crippen molar-refractivity contribution in [1.82, 2.24) is 0 Å². The molecule has 82 valence electrons. The molecule has 2 nitrogen and oxygen atoms in total. The molecular weight excluding hydrogens is 184 g/mol. The summed E-state index contributed by atoms with van der Waals surface area (Å²) in [5.74, 6) is 0. The monoisotopic (exact) mass is 204 g/mol. The molecule has 1 aromatic carbocycles. The smallest absolute Gasteiger partial charge is 0.0401 e. The van der Waals surface area contributed by atoms with E-state index in [0.29, 0.717) is 6.04 Å². The second kappa shape index (κ2) is 4.23. The van der Waals surface area contributed by atoms with Crippen LogP contribution in [0.5, 0.6) is 0 Å². The van der Waals surface area contributed by atoms with Crippen molar-refractivity contribution in [3.8, 4) is 0 Å². The Balaban J connectivity index is 2.28. The Bertz CT molecular complexity index is 346. The van der Waals surface area contributed by atoms with Crippen molar-refractivity contribution in [3.63, 3.8) is 0 Å². The first kappa shape index (κ1) is 10.5. The largest absolute Gasteiger partial charge is 0.371 e. The lowest BCUT2D eigenvalue weighted by Gasteiger charge is -2.36. The Kier molecular flexibility index (Phi) is 2.96. The normalized spacial score (nSPS) is 20.2. The molecule has 1 unspecified atom stereocenters. The van der Waals surface area contributed by atoms with E-state index in [-0.39, 0.29) is 0 Å². The minimum Gasteiger partial charge on any atom is -0.371 e. The van der Waals surface area contributed by atoms with E-state index in [0.717, 1.165) is 13.0 Å². The third-order valence-corrected chi connectivity index (χ3v) is 3.42. The Morgan fingerprint density at radius 3 is 3.00 bits per heavy atom. The summed E-state index contributed by atoms with van der Waals surface area (Å²) in [7, 11) is 2.19. The molecule has 1 atom stereocenters. The lowest BCUT2D eigenvalue weighted by molar-refractivity contribution is 0.527. The third kappa shape index (κ3) is 2.00. The number of hydrogen-bond donors (Lipinski definition) is 1. The first-order chi connectivity index (χ1) is 7.22. The number of aryl methyl sites for hydroxylation is 2. The van der Waals surface area contributed by atoms with Gasteiger partial charge in [0.05, 0.1) is 0 Å². The van der Waals surface area contributed by atoms with Gasteiger partial charge >= 0.3 is 0 Å². The second-order valence-corrected chi connectivity index (χ2v) is 4.51. The van der Waals surface area contributed by atoms with Crippen LogP contribution in [0, 0.1) is 6.92 Å². The van der Waals surface area contributed by atoms with Crippen molar-refractivity contribution in [2.75, 3.05) is 18.5 Å². The molecule has 2 rings (SSSR count). The fourth-order valence-electron chi connectivity index (χ4n) is 2.46. The highest BCUT2D eigenvalue weighted by atomic mass is 15.1. The van der Waals surface area contributed by atoms with Gasteiger partial charge in [-0.3, -0.25) is 0 Å². The standard InChI is InChI=1S/C13H20N2/c1-10-3-4-11-5-6-12(7-8-14)15(2)13(11)9-10/h3-4,9,12H,5-8,14H2,1-2H3. The molecule has 1 aliphatic rings. The van der Waals surface area contributed by atoms with Gasteiger partial charge in [0.25, 0.3) is 0 Å². The topological polar surface area (TPSA) is 29.3 Å². The summed E-state index contributed by atoms with van der Waals surface area (Å²) < 4.78 is 0. The molecule has 2 heteroatoms. The van der Waals surface area contributed by atoms with Gasteiger partial charge in [0.2, 0.25) is 0 Å². The van der Waals surface area contributed by atoms with E-state index in [9.17, 15) is 0 Å².